The molecule has 19 heavy (non-hydrogen) atoms. The Balaban J connectivity index is 2.17. The summed E-state index contributed by atoms with van der Waals surface area (Å²) < 4.78 is 0. The van der Waals surface area contributed by atoms with Crippen LogP contribution in [0.3, 0.4) is 0 Å². The maximum absolute atomic E-state index is 6.05. The van der Waals surface area contributed by atoms with Gasteiger partial charge < -0.3 is 10.2 Å². The Morgan fingerprint density at radius 2 is 1.74 bits per heavy atom. The molecular formula is C15H16Cl2N2. The van der Waals surface area contributed by atoms with E-state index in [1.54, 1.807) is 0 Å². The maximum Gasteiger partial charge on any atom is 0.0597 e. The number of rotatable bonds is 4. The Morgan fingerprint density at radius 3 is 2.42 bits per heavy atom. The van der Waals surface area contributed by atoms with Crippen molar-refractivity contribution in [3.63, 3.8) is 0 Å². The summed E-state index contributed by atoms with van der Waals surface area (Å²) in [6, 6.07) is 13.6. The molecule has 2 aromatic rings. The van der Waals surface area contributed by atoms with E-state index in [0.717, 1.165) is 27.0 Å². The third-order valence-electron chi connectivity index (χ3n) is 2.81. The summed E-state index contributed by atoms with van der Waals surface area (Å²) in [4.78, 5) is 2.05. The molecule has 0 fully saturated rings. The van der Waals surface area contributed by atoms with Crippen molar-refractivity contribution in [2.24, 2.45) is 0 Å². The molecule has 4 heteroatoms. The molecule has 0 bridgehead atoms. The van der Waals surface area contributed by atoms with E-state index >= 15 is 0 Å². The van der Waals surface area contributed by atoms with Gasteiger partial charge in [-0.05, 0) is 35.9 Å². The number of halogens is 2. The summed E-state index contributed by atoms with van der Waals surface area (Å²) in [5.41, 5.74) is 3.25. The van der Waals surface area contributed by atoms with E-state index in [9.17, 15) is 0 Å². The summed E-state index contributed by atoms with van der Waals surface area (Å²) in [6.07, 6.45) is 0. The second-order valence-electron chi connectivity index (χ2n) is 4.54. The van der Waals surface area contributed by atoms with Gasteiger partial charge in [-0.2, -0.15) is 0 Å². The van der Waals surface area contributed by atoms with Crippen molar-refractivity contribution in [2.75, 3.05) is 24.3 Å². The topological polar surface area (TPSA) is 15.3 Å². The number of anilines is 2. The summed E-state index contributed by atoms with van der Waals surface area (Å²) in [6.45, 7) is 0.710. The van der Waals surface area contributed by atoms with Crippen molar-refractivity contribution >= 4 is 34.6 Å². The largest absolute Gasteiger partial charge is 0.379 e. The van der Waals surface area contributed by atoms with Gasteiger partial charge in [0.2, 0.25) is 0 Å². The lowest BCUT2D eigenvalue weighted by Crippen LogP contribution is -2.12. The predicted octanol–water partition coefficient (Wildman–Crippen LogP) is 4.67. The second kappa shape index (κ2) is 6.18. The van der Waals surface area contributed by atoms with Crippen LogP contribution in [0.15, 0.2) is 42.5 Å². The highest BCUT2D eigenvalue weighted by molar-refractivity contribution is 6.31. The first-order valence-electron chi connectivity index (χ1n) is 6.01. The maximum atomic E-state index is 6.05. The molecule has 0 amide bonds. The van der Waals surface area contributed by atoms with Gasteiger partial charge in [-0.15, -0.1) is 0 Å². The van der Waals surface area contributed by atoms with Gasteiger partial charge in [-0.3, -0.25) is 0 Å². The molecule has 0 aliphatic carbocycles. The number of nitrogens with zero attached hydrogens (tertiary/aromatic N) is 1. The minimum absolute atomic E-state index is 0.710. The highest BCUT2D eigenvalue weighted by atomic mass is 35.5. The van der Waals surface area contributed by atoms with Crippen molar-refractivity contribution in [3.05, 3.63) is 58.1 Å². The number of hydrogen-bond donors (Lipinski definition) is 1. The van der Waals surface area contributed by atoms with Gasteiger partial charge >= 0.3 is 0 Å². The first-order valence-corrected chi connectivity index (χ1v) is 6.77. The van der Waals surface area contributed by atoms with Crippen molar-refractivity contribution in [2.45, 2.75) is 6.54 Å². The zero-order chi connectivity index (χ0) is 13.8. The molecule has 2 rings (SSSR count). The molecular weight excluding hydrogens is 279 g/mol. The molecule has 0 aliphatic rings. The first kappa shape index (κ1) is 14.0. The average molecular weight is 295 g/mol. The van der Waals surface area contributed by atoms with Crippen LogP contribution < -0.4 is 10.2 Å². The lowest BCUT2D eigenvalue weighted by molar-refractivity contribution is 1.10. The minimum atomic E-state index is 0.710. The van der Waals surface area contributed by atoms with E-state index in [2.05, 4.69) is 10.2 Å². The molecule has 1 N–H and O–H groups in total. The quantitative estimate of drug-likeness (QED) is 0.881. The van der Waals surface area contributed by atoms with E-state index in [1.165, 1.54) is 0 Å². The average Bonchev–Trinajstić information content (AvgIpc) is 2.36. The fourth-order valence-electron chi connectivity index (χ4n) is 1.88. The third kappa shape index (κ3) is 3.79. The van der Waals surface area contributed by atoms with E-state index in [1.807, 2.05) is 56.6 Å². The smallest absolute Gasteiger partial charge is 0.0597 e. The zero-order valence-corrected chi connectivity index (χ0v) is 12.5. The van der Waals surface area contributed by atoms with Gasteiger partial charge in [0.15, 0.2) is 0 Å². The van der Waals surface area contributed by atoms with Crippen LogP contribution >= 0.6 is 23.2 Å². The Labute approximate surface area is 123 Å². The van der Waals surface area contributed by atoms with E-state index in [0.29, 0.717) is 6.54 Å². The first-order chi connectivity index (χ1) is 9.06. The van der Waals surface area contributed by atoms with Crippen LogP contribution in [-0.2, 0) is 6.54 Å². The van der Waals surface area contributed by atoms with Crippen molar-refractivity contribution in [3.8, 4) is 0 Å². The van der Waals surface area contributed by atoms with Gasteiger partial charge in [0, 0.05) is 30.7 Å². The third-order valence-corrected chi connectivity index (χ3v) is 3.28. The van der Waals surface area contributed by atoms with Gasteiger partial charge in [-0.25, -0.2) is 0 Å². The van der Waals surface area contributed by atoms with Gasteiger partial charge in [-0.1, -0.05) is 35.3 Å². The monoisotopic (exact) mass is 294 g/mol. The second-order valence-corrected chi connectivity index (χ2v) is 5.41. The Bertz CT molecular complexity index is 568. The summed E-state index contributed by atoms with van der Waals surface area (Å²) in [5, 5.41) is 4.86. The number of hydrogen-bond acceptors (Lipinski definition) is 2. The highest BCUT2D eigenvalue weighted by Gasteiger charge is 2.05. The molecule has 0 aromatic heterocycles. The Kier molecular flexibility index (Phi) is 4.56. The molecule has 0 radical (unpaired) electrons. The predicted molar refractivity (Wildman–Crippen MR) is 84.6 cm³/mol. The summed E-state index contributed by atoms with van der Waals surface area (Å²) in [7, 11) is 4.02. The van der Waals surface area contributed by atoms with E-state index < -0.39 is 0 Å². The Morgan fingerprint density at radius 1 is 1.00 bits per heavy atom. The van der Waals surface area contributed by atoms with Crippen molar-refractivity contribution < 1.29 is 0 Å². The van der Waals surface area contributed by atoms with Crippen LogP contribution in [0.5, 0.6) is 0 Å². The highest BCUT2D eigenvalue weighted by Crippen LogP contribution is 2.28. The van der Waals surface area contributed by atoms with E-state index in [-0.39, 0.29) is 0 Å². The fraction of sp³-hybridized carbons (Fsp3) is 0.200. The lowest BCUT2D eigenvalue weighted by Gasteiger charge is -2.19. The van der Waals surface area contributed by atoms with Gasteiger partial charge in [0.25, 0.3) is 0 Å². The molecule has 0 saturated heterocycles. The summed E-state index contributed by atoms with van der Waals surface area (Å²) in [5.74, 6) is 0. The lowest BCUT2D eigenvalue weighted by atomic mass is 10.2. The van der Waals surface area contributed by atoms with Crippen LogP contribution in [0, 0.1) is 0 Å². The van der Waals surface area contributed by atoms with Crippen LogP contribution in [0.25, 0.3) is 0 Å². The van der Waals surface area contributed by atoms with Crippen molar-refractivity contribution in [1.82, 2.24) is 0 Å². The van der Waals surface area contributed by atoms with Crippen LogP contribution in [0.4, 0.5) is 11.4 Å². The Hall–Kier alpha value is -1.38. The molecule has 0 spiro atoms. The molecule has 0 unspecified atom stereocenters. The molecule has 0 aliphatic heterocycles. The fourth-order valence-corrected chi connectivity index (χ4v) is 2.27. The van der Waals surface area contributed by atoms with Gasteiger partial charge in [0.1, 0.15) is 0 Å². The SMILES string of the molecule is CN(C)c1ccc(Cl)cc1NCc1cccc(Cl)c1. The minimum Gasteiger partial charge on any atom is -0.379 e. The molecule has 2 nitrogen and oxygen atoms in total. The number of nitrogens with one attached hydrogen (secondary N) is 1. The normalized spacial score (nSPS) is 10.3. The van der Waals surface area contributed by atoms with Crippen molar-refractivity contribution in [1.29, 1.82) is 0 Å². The molecule has 100 valence electrons. The molecule has 0 atom stereocenters. The van der Waals surface area contributed by atoms with Crippen LogP contribution in [0.1, 0.15) is 5.56 Å². The van der Waals surface area contributed by atoms with Gasteiger partial charge in [0.05, 0.1) is 11.4 Å². The molecule has 2 aromatic carbocycles. The zero-order valence-electron chi connectivity index (χ0n) is 11.0. The molecule has 0 heterocycles. The number of benzene rings is 2. The van der Waals surface area contributed by atoms with Crippen LogP contribution in [-0.4, -0.2) is 14.1 Å². The van der Waals surface area contributed by atoms with E-state index in [4.69, 9.17) is 23.2 Å². The summed E-state index contributed by atoms with van der Waals surface area (Å²) >= 11 is 12.0. The standard InChI is InChI=1S/C15H16Cl2N2/c1-19(2)15-7-6-13(17)9-14(15)18-10-11-4-3-5-12(16)8-11/h3-9,18H,10H2,1-2H3. The van der Waals surface area contributed by atoms with Crippen LogP contribution in [0.2, 0.25) is 10.0 Å². The molecule has 0 saturated carbocycles.